The third-order valence-electron chi connectivity index (χ3n) is 4.10. The van der Waals surface area contributed by atoms with Crippen LogP contribution in [0.15, 0.2) is 29.2 Å². The molecule has 1 saturated heterocycles. The van der Waals surface area contributed by atoms with Gasteiger partial charge in [0.05, 0.1) is 11.0 Å². The predicted octanol–water partition coefficient (Wildman–Crippen LogP) is 0.136. The number of aliphatic hydroxyl groups excluding tert-OH is 1. The van der Waals surface area contributed by atoms with Crippen LogP contribution in [0.5, 0.6) is 0 Å². The van der Waals surface area contributed by atoms with Crippen LogP contribution in [-0.2, 0) is 26.0 Å². The van der Waals surface area contributed by atoms with Crippen molar-refractivity contribution < 1.29 is 23.1 Å². The van der Waals surface area contributed by atoms with Gasteiger partial charge < -0.3 is 14.7 Å². The van der Waals surface area contributed by atoms with E-state index < -0.39 is 16.1 Å². The Labute approximate surface area is 142 Å². The summed E-state index contributed by atoms with van der Waals surface area (Å²) in [5.74, 6) is -0.0387. The van der Waals surface area contributed by atoms with Gasteiger partial charge in [-0.05, 0) is 38.1 Å². The number of aliphatic hydroxyl groups is 1. The van der Waals surface area contributed by atoms with Crippen LogP contribution >= 0.6 is 0 Å². The van der Waals surface area contributed by atoms with E-state index in [1.54, 1.807) is 17.0 Å². The van der Waals surface area contributed by atoms with E-state index in [1.807, 2.05) is 6.92 Å². The molecule has 7 nitrogen and oxygen atoms in total. The Hall–Kier alpha value is -1.48. The van der Waals surface area contributed by atoms with E-state index in [4.69, 9.17) is 4.74 Å². The van der Waals surface area contributed by atoms with E-state index >= 15 is 0 Å². The highest BCUT2D eigenvalue weighted by atomic mass is 32.2. The van der Waals surface area contributed by atoms with Crippen LogP contribution in [0.3, 0.4) is 0 Å². The summed E-state index contributed by atoms with van der Waals surface area (Å²) in [5.41, 5.74) is 0.888. The van der Waals surface area contributed by atoms with E-state index in [-0.39, 0.29) is 16.9 Å². The summed E-state index contributed by atoms with van der Waals surface area (Å²) in [6.07, 6.45) is -0.126. The molecule has 8 heteroatoms. The predicted molar refractivity (Wildman–Crippen MR) is 89.0 cm³/mol. The minimum Gasteiger partial charge on any atom is -0.388 e. The van der Waals surface area contributed by atoms with E-state index in [1.165, 1.54) is 19.2 Å². The highest BCUT2D eigenvalue weighted by molar-refractivity contribution is 7.89. The number of sulfonamides is 1. The fourth-order valence-electron chi connectivity index (χ4n) is 2.70. The van der Waals surface area contributed by atoms with Crippen LogP contribution in [0.2, 0.25) is 0 Å². The molecule has 134 valence electrons. The quantitative estimate of drug-likeness (QED) is 0.724. The molecule has 1 amide bonds. The van der Waals surface area contributed by atoms with Crippen molar-refractivity contribution in [3.8, 4) is 0 Å². The summed E-state index contributed by atoms with van der Waals surface area (Å²) < 4.78 is 31.0. The first-order valence-electron chi connectivity index (χ1n) is 7.97. The van der Waals surface area contributed by atoms with Gasteiger partial charge in [-0.15, -0.1) is 0 Å². The average Bonchev–Trinajstić information content (AvgIpc) is 2.94. The first kappa shape index (κ1) is 18.9. The van der Waals surface area contributed by atoms with Gasteiger partial charge >= 0.3 is 0 Å². The molecule has 1 aromatic rings. The Morgan fingerprint density at radius 3 is 2.58 bits per heavy atom. The highest BCUT2D eigenvalue weighted by Gasteiger charge is 2.34. The third kappa shape index (κ3) is 4.54. The van der Waals surface area contributed by atoms with Gasteiger partial charge in [0.15, 0.2) is 0 Å². The van der Waals surface area contributed by atoms with Gasteiger partial charge in [-0.2, -0.15) is 0 Å². The number of carbonyl (C=O) groups is 1. The van der Waals surface area contributed by atoms with Crippen LogP contribution in [0.4, 0.5) is 0 Å². The molecule has 1 aromatic carbocycles. The molecule has 1 aliphatic heterocycles. The fourth-order valence-corrected chi connectivity index (χ4v) is 3.43. The molecule has 0 unspecified atom stereocenters. The first-order chi connectivity index (χ1) is 11.4. The number of ether oxygens (including phenoxy) is 1. The highest BCUT2D eigenvalue weighted by Crippen LogP contribution is 2.16. The average molecular weight is 356 g/mol. The van der Waals surface area contributed by atoms with Crippen molar-refractivity contribution in [2.75, 3.05) is 26.7 Å². The number of β-amino-alcohol motifs (C(OH)–C–C–N with tert-alkyl or cyclic N) is 1. The minimum atomic E-state index is -3.44. The number of benzene rings is 1. The van der Waals surface area contributed by atoms with Gasteiger partial charge in [0, 0.05) is 26.1 Å². The number of likely N-dealkylation sites (tertiary alicyclic amines) is 1. The SMILES string of the molecule is CCO[C@@H]1CN(C(=O)CCc2ccc(S(=O)(=O)NC)cc2)C[C@H]1O. The van der Waals surface area contributed by atoms with Crippen molar-refractivity contribution in [2.45, 2.75) is 36.9 Å². The molecule has 0 saturated carbocycles. The number of hydrogen-bond donors (Lipinski definition) is 2. The third-order valence-corrected chi connectivity index (χ3v) is 5.53. The van der Waals surface area contributed by atoms with Crippen LogP contribution in [0.25, 0.3) is 0 Å². The number of hydrogen-bond acceptors (Lipinski definition) is 5. The smallest absolute Gasteiger partial charge is 0.240 e. The summed E-state index contributed by atoms with van der Waals surface area (Å²) in [4.78, 5) is 14.1. The zero-order valence-electron chi connectivity index (χ0n) is 13.9. The monoisotopic (exact) mass is 356 g/mol. The van der Waals surface area contributed by atoms with Gasteiger partial charge in [-0.25, -0.2) is 13.1 Å². The summed E-state index contributed by atoms with van der Waals surface area (Å²) in [6.45, 7) is 3.07. The van der Waals surface area contributed by atoms with Crippen molar-refractivity contribution in [1.82, 2.24) is 9.62 Å². The normalized spacial score (nSPS) is 21.2. The topological polar surface area (TPSA) is 95.9 Å². The zero-order chi connectivity index (χ0) is 17.7. The van der Waals surface area contributed by atoms with E-state index in [0.717, 1.165) is 5.56 Å². The fraction of sp³-hybridized carbons (Fsp3) is 0.562. The lowest BCUT2D eigenvalue weighted by Crippen LogP contribution is -2.30. The number of nitrogens with one attached hydrogen (secondary N) is 1. The maximum absolute atomic E-state index is 12.2. The number of nitrogens with zero attached hydrogens (tertiary/aromatic N) is 1. The van der Waals surface area contributed by atoms with Crippen LogP contribution in [-0.4, -0.2) is 63.3 Å². The number of amides is 1. The largest absolute Gasteiger partial charge is 0.388 e. The van der Waals surface area contributed by atoms with Gasteiger partial charge in [-0.1, -0.05) is 12.1 Å². The minimum absolute atomic E-state index is 0.0387. The Morgan fingerprint density at radius 2 is 2.00 bits per heavy atom. The zero-order valence-corrected chi connectivity index (χ0v) is 14.8. The second-order valence-electron chi connectivity index (χ2n) is 5.71. The number of carbonyl (C=O) groups excluding carboxylic acids is 1. The molecule has 0 aliphatic carbocycles. The number of aryl methyl sites for hydroxylation is 1. The standard InChI is InChI=1S/C16H24N2O5S/c1-3-23-15-11-18(10-14(15)19)16(20)9-6-12-4-7-13(8-5-12)24(21,22)17-2/h4-5,7-8,14-15,17,19H,3,6,9-11H2,1-2H3/t14-,15-/m1/s1. The Balaban J connectivity index is 1.88. The van der Waals surface area contributed by atoms with E-state index in [9.17, 15) is 18.3 Å². The molecule has 2 rings (SSSR count). The Morgan fingerprint density at radius 1 is 1.33 bits per heavy atom. The lowest BCUT2D eigenvalue weighted by atomic mass is 10.1. The molecule has 0 radical (unpaired) electrons. The van der Waals surface area contributed by atoms with Crippen molar-refractivity contribution in [3.63, 3.8) is 0 Å². The van der Waals surface area contributed by atoms with Crippen LogP contribution in [0.1, 0.15) is 18.9 Å². The van der Waals surface area contributed by atoms with Crippen molar-refractivity contribution in [1.29, 1.82) is 0 Å². The van der Waals surface area contributed by atoms with Crippen LogP contribution < -0.4 is 4.72 Å². The maximum Gasteiger partial charge on any atom is 0.240 e. The lowest BCUT2D eigenvalue weighted by molar-refractivity contribution is -0.130. The lowest BCUT2D eigenvalue weighted by Gasteiger charge is -2.16. The van der Waals surface area contributed by atoms with Gasteiger partial charge in [0.25, 0.3) is 0 Å². The molecule has 1 fully saturated rings. The molecule has 2 N–H and O–H groups in total. The molecule has 1 heterocycles. The Kier molecular flexibility index (Phi) is 6.34. The molecular weight excluding hydrogens is 332 g/mol. The Bertz CT molecular complexity index is 660. The molecule has 24 heavy (non-hydrogen) atoms. The van der Waals surface area contributed by atoms with E-state index in [2.05, 4.69) is 4.72 Å². The maximum atomic E-state index is 12.2. The number of rotatable bonds is 7. The summed E-state index contributed by atoms with van der Waals surface area (Å²) in [7, 11) is -2.08. The van der Waals surface area contributed by atoms with E-state index in [0.29, 0.717) is 32.5 Å². The summed E-state index contributed by atoms with van der Waals surface area (Å²) in [5, 5.41) is 9.87. The molecule has 2 atom stereocenters. The van der Waals surface area contributed by atoms with Gasteiger partial charge in [0.1, 0.15) is 6.10 Å². The van der Waals surface area contributed by atoms with Crippen molar-refractivity contribution >= 4 is 15.9 Å². The second kappa shape index (κ2) is 8.06. The van der Waals surface area contributed by atoms with Crippen molar-refractivity contribution in [3.05, 3.63) is 29.8 Å². The second-order valence-corrected chi connectivity index (χ2v) is 7.60. The molecule has 0 aromatic heterocycles. The molecular formula is C16H24N2O5S. The van der Waals surface area contributed by atoms with Crippen molar-refractivity contribution in [2.24, 2.45) is 0 Å². The summed E-state index contributed by atoms with van der Waals surface area (Å²) in [6, 6.07) is 6.46. The molecule has 0 spiro atoms. The molecule has 1 aliphatic rings. The van der Waals surface area contributed by atoms with Crippen LogP contribution in [0, 0.1) is 0 Å². The molecule has 0 bridgehead atoms. The summed E-state index contributed by atoms with van der Waals surface area (Å²) >= 11 is 0. The van der Waals surface area contributed by atoms with Gasteiger partial charge in [0.2, 0.25) is 15.9 Å². The van der Waals surface area contributed by atoms with Gasteiger partial charge in [-0.3, -0.25) is 4.79 Å². The first-order valence-corrected chi connectivity index (χ1v) is 9.45.